The van der Waals surface area contributed by atoms with Crippen LogP contribution in [-0.2, 0) is 145 Å². The molecule has 3 aliphatic heterocycles. The molecule has 5 amide bonds. The fourth-order valence-electron chi connectivity index (χ4n) is 11.6. The maximum Gasteiger partial charge on any atom is 0.408 e. The Morgan fingerprint density at radius 2 is 0.708 bits per heavy atom. The van der Waals surface area contributed by atoms with Crippen molar-refractivity contribution in [1.29, 1.82) is 0 Å². The summed E-state index contributed by atoms with van der Waals surface area (Å²) in [4.78, 5) is 141. The summed E-state index contributed by atoms with van der Waals surface area (Å²) in [6, 6.07) is 7.24. The second-order valence-corrected chi connectivity index (χ2v) is 25.2. The van der Waals surface area contributed by atoms with Gasteiger partial charge in [-0.2, -0.15) is 0 Å². The van der Waals surface area contributed by atoms with Crippen LogP contribution in [0.1, 0.15) is 121 Å². The van der Waals surface area contributed by atoms with E-state index in [-0.39, 0.29) is 138 Å². The van der Waals surface area contributed by atoms with Gasteiger partial charge < -0.3 is 116 Å². The van der Waals surface area contributed by atoms with Gasteiger partial charge >= 0.3 is 41.9 Å². The van der Waals surface area contributed by atoms with Gasteiger partial charge in [0, 0.05) is 85.4 Å². The summed E-state index contributed by atoms with van der Waals surface area (Å²) in [5.74, 6) is -7.49. The first kappa shape index (κ1) is 91.1. The number of carbonyl (C=O) groups is 11. The molecule has 0 bridgehead atoms. The van der Waals surface area contributed by atoms with Gasteiger partial charge in [-0.15, -0.1) is 0 Å². The first-order valence-corrected chi connectivity index (χ1v) is 36.1. The lowest BCUT2D eigenvalue weighted by Crippen LogP contribution is -2.57. The van der Waals surface area contributed by atoms with E-state index in [0.29, 0.717) is 24.8 Å². The van der Waals surface area contributed by atoms with Crippen molar-refractivity contribution >= 4 is 65.5 Å². The van der Waals surface area contributed by atoms with E-state index in [2.05, 4.69) is 21.3 Å². The third-order valence-electron chi connectivity index (χ3n) is 16.7. The van der Waals surface area contributed by atoms with Crippen LogP contribution in [0, 0.1) is 17.8 Å². The maximum absolute atomic E-state index is 14.6. The van der Waals surface area contributed by atoms with E-state index >= 15 is 0 Å². The van der Waals surface area contributed by atoms with Gasteiger partial charge in [0.05, 0.1) is 99.1 Å². The summed E-state index contributed by atoms with van der Waals surface area (Å²) in [5, 5.41) is 10.6. The van der Waals surface area contributed by atoms with E-state index in [1.807, 2.05) is 20.8 Å². The molecular weight excluding hydrogens is 1400 g/mol. The highest BCUT2D eigenvalue weighted by atomic mass is 16.7. The van der Waals surface area contributed by atoms with E-state index in [0.717, 1.165) is 4.90 Å². The SMILES string of the molecule is CCC1OC(OCCOCCOCCNC(=O)CCC(NC(=O)OCc2ccccc2)C(=O)N(CC(=O)NCCOCCOCCOC2OC(CC)C(OC(C)=O)C(OC(C)=O)C2C)CC(=O)NCCOCCOCCOC2OC(CC)C(OC(C)=O)C(OC(C)=O)C2C)C(C)C(OC(C)=O)C1OC(C)=O. The zero-order valence-corrected chi connectivity index (χ0v) is 63.2. The Morgan fingerprint density at radius 1 is 0.406 bits per heavy atom. The van der Waals surface area contributed by atoms with Gasteiger partial charge in [0.1, 0.15) is 62.4 Å². The lowest BCUT2D eigenvalue weighted by Gasteiger charge is -2.43. The number of carbonyl (C=O) groups excluding carboxylic acids is 11. The third kappa shape index (κ3) is 34.7. The van der Waals surface area contributed by atoms with Crippen LogP contribution in [0.4, 0.5) is 4.79 Å². The number of esters is 6. The fourth-order valence-corrected chi connectivity index (χ4v) is 11.6. The summed E-state index contributed by atoms with van der Waals surface area (Å²) >= 11 is 0. The number of nitrogens with one attached hydrogen (secondary N) is 4. The Kier molecular flexibility index (Phi) is 43.9. The molecule has 1 aromatic rings. The molecule has 3 fully saturated rings. The Hall–Kier alpha value is -7.29. The monoisotopic (exact) mass is 1520 g/mol. The molecule has 4 N–H and O–H groups in total. The molecule has 16 atom stereocenters. The number of amides is 5. The van der Waals surface area contributed by atoms with E-state index in [9.17, 15) is 52.7 Å². The van der Waals surface area contributed by atoms with Crippen LogP contribution in [0.5, 0.6) is 0 Å². The lowest BCUT2D eigenvalue weighted by atomic mass is 9.90. The van der Waals surface area contributed by atoms with Crippen molar-refractivity contribution in [2.45, 2.75) is 202 Å². The summed E-state index contributed by atoms with van der Waals surface area (Å²) in [7, 11) is 0. The van der Waals surface area contributed by atoms with Crippen LogP contribution in [0.3, 0.4) is 0 Å². The van der Waals surface area contributed by atoms with E-state index in [1.54, 1.807) is 51.1 Å². The zero-order chi connectivity index (χ0) is 77.9. The highest BCUT2D eigenvalue weighted by Gasteiger charge is 2.50. The molecule has 602 valence electrons. The predicted octanol–water partition coefficient (Wildman–Crippen LogP) is 2.29. The van der Waals surface area contributed by atoms with Crippen LogP contribution in [0.15, 0.2) is 30.3 Å². The molecule has 1 aromatic carbocycles. The van der Waals surface area contributed by atoms with Gasteiger partial charge in [0.15, 0.2) is 37.2 Å². The van der Waals surface area contributed by atoms with Crippen molar-refractivity contribution in [3.05, 3.63) is 35.9 Å². The molecule has 16 unspecified atom stereocenters. The van der Waals surface area contributed by atoms with E-state index < -0.39 is 176 Å². The molecule has 0 radical (unpaired) electrons. The highest BCUT2D eigenvalue weighted by molar-refractivity contribution is 5.93. The number of nitrogens with zero attached hydrogens (tertiary/aromatic N) is 1. The fraction of sp³-hybridized carbons (Fsp3) is 0.761. The third-order valence-corrected chi connectivity index (χ3v) is 16.7. The van der Waals surface area contributed by atoms with Crippen molar-refractivity contribution < 1.29 is 143 Å². The van der Waals surface area contributed by atoms with Crippen LogP contribution < -0.4 is 21.3 Å². The first-order valence-electron chi connectivity index (χ1n) is 36.1. The smallest absolute Gasteiger partial charge is 0.408 e. The zero-order valence-electron chi connectivity index (χ0n) is 63.2. The summed E-state index contributed by atoms with van der Waals surface area (Å²) < 4.78 is 109. The molecule has 4 rings (SSSR count). The average molecular weight is 1520 g/mol. The normalized spacial score (nSPS) is 24.4. The molecule has 0 saturated carbocycles. The molecule has 3 saturated heterocycles. The molecule has 0 spiro atoms. The van der Waals surface area contributed by atoms with Gasteiger partial charge in [-0.3, -0.25) is 47.9 Å². The van der Waals surface area contributed by atoms with E-state index in [4.69, 9.17) is 90.0 Å². The first-order chi connectivity index (χ1) is 50.8. The van der Waals surface area contributed by atoms with Crippen LogP contribution in [-0.4, -0.2) is 282 Å². The number of ether oxygens (including phenoxy) is 19. The van der Waals surface area contributed by atoms with E-state index in [1.165, 1.54) is 41.5 Å². The number of hydrogen-bond acceptors (Lipinski definition) is 30. The molecule has 3 aliphatic rings. The minimum absolute atomic E-state index is 0.0159. The Labute approximate surface area is 619 Å². The van der Waals surface area contributed by atoms with Gasteiger partial charge in [-0.05, 0) is 31.2 Å². The van der Waals surface area contributed by atoms with Gasteiger partial charge in [0.2, 0.25) is 23.6 Å². The Bertz CT molecular complexity index is 2730. The minimum Gasteiger partial charge on any atom is -0.458 e. The summed E-state index contributed by atoms with van der Waals surface area (Å²) in [6.45, 7) is 18.6. The largest absolute Gasteiger partial charge is 0.458 e. The second-order valence-electron chi connectivity index (χ2n) is 25.2. The molecule has 106 heavy (non-hydrogen) atoms. The van der Waals surface area contributed by atoms with Crippen molar-refractivity contribution in [2.24, 2.45) is 17.8 Å². The van der Waals surface area contributed by atoms with Crippen LogP contribution >= 0.6 is 0 Å². The van der Waals surface area contributed by atoms with Gasteiger partial charge in [-0.1, -0.05) is 71.9 Å². The molecule has 0 aromatic heterocycles. The topological polar surface area (TPSA) is 415 Å². The molecule has 3 heterocycles. The quantitative estimate of drug-likeness (QED) is 0.0413. The Morgan fingerprint density at radius 3 is 1.03 bits per heavy atom. The van der Waals surface area contributed by atoms with Crippen molar-refractivity contribution in [2.75, 3.05) is 132 Å². The molecular formula is C71H113N5O30. The average Bonchev–Trinajstić information content (AvgIpc) is 0.811. The summed E-state index contributed by atoms with van der Waals surface area (Å²) in [5.41, 5.74) is 0.641. The van der Waals surface area contributed by atoms with Crippen molar-refractivity contribution in [3.8, 4) is 0 Å². The van der Waals surface area contributed by atoms with Crippen LogP contribution in [0.2, 0.25) is 0 Å². The van der Waals surface area contributed by atoms with Crippen molar-refractivity contribution in [3.63, 3.8) is 0 Å². The van der Waals surface area contributed by atoms with Gasteiger partial charge in [-0.25, -0.2) is 4.79 Å². The lowest BCUT2D eigenvalue weighted by molar-refractivity contribution is -0.285. The Balaban J connectivity index is 1.30. The number of hydrogen-bond donors (Lipinski definition) is 4. The number of benzene rings is 1. The summed E-state index contributed by atoms with van der Waals surface area (Å²) in [6.07, 6.45) is -9.19. The van der Waals surface area contributed by atoms with Gasteiger partial charge in [0.25, 0.3) is 0 Å². The maximum atomic E-state index is 14.6. The number of rotatable bonds is 50. The predicted molar refractivity (Wildman–Crippen MR) is 369 cm³/mol. The molecule has 35 nitrogen and oxygen atoms in total. The molecule has 0 aliphatic carbocycles. The van der Waals surface area contributed by atoms with Crippen LogP contribution in [0.25, 0.3) is 0 Å². The number of alkyl carbamates (subject to hydrolysis) is 1. The highest BCUT2D eigenvalue weighted by Crippen LogP contribution is 2.35. The standard InChI is InChI=1S/C71H113N5O30/c1-13-55-64(101-50(10)80)61(98-47(7)77)44(4)68(104-55)94-38-35-91-32-29-88-26-23-72-58(83)22-21-54(75-71(87)97-43-53-19-17-16-18-20-53)67(86)76(41-59(84)73-24-27-89-30-33-92-36-39-95-69-45(5)62(99-48(8)78)65(102-51(11)81)56(14-2)105-69)42-60(85)74-25-28-90-31-34-93-37-40-96-70-46(6)63(100-49(9)79)66(103-52(12)82)57(15-3)106-70/h16-20,44-46,54-57,61-66,68-70H,13-15,21-43H2,1-12H3,(H,72,83)(H,73,84)(H,74,85)(H,75,87). The van der Waals surface area contributed by atoms with Crippen molar-refractivity contribution in [1.82, 2.24) is 26.2 Å². The molecule has 35 heteroatoms. The second kappa shape index (κ2) is 51.1. The minimum atomic E-state index is -1.49.